The molecule has 0 radical (unpaired) electrons. The normalized spacial score (nSPS) is 22.0. The molecule has 0 bridgehead atoms. The highest BCUT2D eigenvalue weighted by molar-refractivity contribution is 5.86. The van der Waals surface area contributed by atoms with E-state index in [1.54, 1.807) is 7.05 Å². The molecule has 0 aromatic rings. The Morgan fingerprint density at radius 3 is 2.76 bits per heavy atom. The number of nitrogens with one attached hydrogen (secondary N) is 3. The average molecular weight is 354 g/mol. The van der Waals surface area contributed by atoms with Crippen LogP contribution in [0.25, 0.3) is 0 Å². The number of hydrogen-bond donors (Lipinski definition) is 3. The Bertz CT molecular complexity index is 405. The molecule has 0 aromatic heterocycles. The monoisotopic (exact) mass is 354 g/mol. The molecule has 7 heteroatoms. The third-order valence-electron chi connectivity index (χ3n) is 4.75. The lowest BCUT2D eigenvalue weighted by atomic mass is 9.95. The summed E-state index contributed by atoms with van der Waals surface area (Å²) in [5.74, 6) is 1.25. The van der Waals surface area contributed by atoms with E-state index in [-0.39, 0.29) is 12.5 Å². The predicted octanol–water partition coefficient (Wildman–Crippen LogP) is 1.04. The first-order valence-electron chi connectivity index (χ1n) is 9.67. The SMILES string of the molecule is CN=C(NCCCOCC1CCOC1)NCC(=O)NC1CCCCC1. The van der Waals surface area contributed by atoms with Crippen LogP contribution in [0.4, 0.5) is 0 Å². The Kier molecular flexibility index (Phi) is 9.66. The number of nitrogens with zero attached hydrogens (tertiary/aromatic N) is 1. The molecule has 3 N–H and O–H groups in total. The molecule has 1 saturated heterocycles. The number of carbonyl (C=O) groups excluding carboxylic acids is 1. The van der Waals surface area contributed by atoms with E-state index in [2.05, 4.69) is 20.9 Å². The summed E-state index contributed by atoms with van der Waals surface area (Å²) < 4.78 is 11.0. The topological polar surface area (TPSA) is 84.0 Å². The fourth-order valence-corrected chi connectivity index (χ4v) is 3.26. The van der Waals surface area contributed by atoms with Crippen molar-refractivity contribution < 1.29 is 14.3 Å². The maximum Gasteiger partial charge on any atom is 0.239 e. The van der Waals surface area contributed by atoms with Gasteiger partial charge in [0, 0.05) is 38.8 Å². The summed E-state index contributed by atoms with van der Waals surface area (Å²) >= 11 is 0. The zero-order valence-electron chi connectivity index (χ0n) is 15.5. The highest BCUT2D eigenvalue weighted by Gasteiger charge is 2.16. The standard InChI is InChI=1S/C18H34N4O3/c1-19-18(20-9-5-10-24-13-15-8-11-25-14-15)21-12-17(23)22-16-6-3-2-4-7-16/h15-16H,2-14H2,1H3,(H,22,23)(H2,19,20,21). The van der Waals surface area contributed by atoms with Crippen LogP contribution in [0, 0.1) is 5.92 Å². The van der Waals surface area contributed by atoms with Gasteiger partial charge < -0.3 is 25.4 Å². The molecule has 1 saturated carbocycles. The van der Waals surface area contributed by atoms with Crippen molar-refractivity contribution in [1.82, 2.24) is 16.0 Å². The lowest BCUT2D eigenvalue weighted by molar-refractivity contribution is -0.120. The number of hydrogen-bond acceptors (Lipinski definition) is 4. The van der Waals surface area contributed by atoms with Crippen LogP contribution in [0.2, 0.25) is 0 Å². The van der Waals surface area contributed by atoms with Gasteiger partial charge in [-0.15, -0.1) is 0 Å². The lowest BCUT2D eigenvalue weighted by Crippen LogP contribution is -2.46. The molecule has 1 unspecified atom stereocenters. The molecule has 1 atom stereocenters. The van der Waals surface area contributed by atoms with Crippen LogP contribution in [-0.2, 0) is 14.3 Å². The number of amides is 1. The molecule has 1 heterocycles. The van der Waals surface area contributed by atoms with Gasteiger partial charge in [-0.1, -0.05) is 19.3 Å². The van der Waals surface area contributed by atoms with E-state index in [1.807, 2.05) is 0 Å². The van der Waals surface area contributed by atoms with Crippen LogP contribution in [0.15, 0.2) is 4.99 Å². The molecule has 2 aliphatic rings. The third-order valence-corrected chi connectivity index (χ3v) is 4.75. The number of aliphatic imine (C=N–C) groups is 1. The van der Waals surface area contributed by atoms with Gasteiger partial charge in [0.05, 0.1) is 19.8 Å². The van der Waals surface area contributed by atoms with E-state index in [1.165, 1.54) is 19.3 Å². The van der Waals surface area contributed by atoms with Crippen LogP contribution in [0.3, 0.4) is 0 Å². The van der Waals surface area contributed by atoms with E-state index in [9.17, 15) is 4.79 Å². The van der Waals surface area contributed by atoms with Crippen LogP contribution in [-0.4, -0.2) is 64.5 Å². The molecule has 0 aromatic carbocycles. The van der Waals surface area contributed by atoms with Crippen molar-refractivity contribution in [3.8, 4) is 0 Å². The van der Waals surface area contributed by atoms with Gasteiger partial charge in [0.1, 0.15) is 0 Å². The van der Waals surface area contributed by atoms with Crippen LogP contribution < -0.4 is 16.0 Å². The Morgan fingerprint density at radius 2 is 2.04 bits per heavy atom. The summed E-state index contributed by atoms with van der Waals surface area (Å²) in [6.07, 6.45) is 7.95. The second-order valence-electron chi connectivity index (χ2n) is 6.91. The summed E-state index contributed by atoms with van der Waals surface area (Å²) in [4.78, 5) is 16.1. The molecule has 1 aliphatic heterocycles. The predicted molar refractivity (Wildman–Crippen MR) is 98.7 cm³/mol. The van der Waals surface area contributed by atoms with Crippen molar-refractivity contribution in [2.75, 3.05) is 46.6 Å². The number of guanidine groups is 1. The summed E-state index contributed by atoms with van der Waals surface area (Å²) in [5, 5.41) is 9.37. The van der Waals surface area contributed by atoms with Gasteiger partial charge >= 0.3 is 0 Å². The van der Waals surface area contributed by atoms with Crippen LogP contribution >= 0.6 is 0 Å². The second-order valence-corrected chi connectivity index (χ2v) is 6.91. The fraction of sp³-hybridized carbons (Fsp3) is 0.889. The Morgan fingerprint density at radius 1 is 1.20 bits per heavy atom. The van der Waals surface area contributed by atoms with E-state index in [4.69, 9.17) is 9.47 Å². The van der Waals surface area contributed by atoms with Crippen molar-refractivity contribution in [3.63, 3.8) is 0 Å². The number of ether oxygens (including phenoxy) is 2. The van der Waals surface area contributed by atoms with Crippen LogP contribution in [0.1, 0.15) is 44.9 Å². The maximum atomic E-state index is 12.0. The van der Waals surface area contributed by atoms with Gasteiger partial charge in [0.2, 0.25) is 5.91 Å². The molecule has 144 valence electrons. The van der Waals surface area contributed by atoms with E-state index in [0.29, 0.717) is 17.9 Å². The first kappa shape index (κ1) is 20.0. The molecule has 2 fully saturated rings. The van der Waals surface area contributed by atoms with Gasteiger partial charge in [-0.3, -0.25) is 9.79 Å². The second kappa shape index (κ2) is 12.1. The highest BCUT2D eigenvalue weighted by Crippen LogP contribution is 2.17. The minimum absolute atomic E-state index is 0.0389. The largest absolute Gasteiger partial charge is 0.381 e. The van der Waals surface area contributed by atoms with E-state index < -0.39 is 0 Å². The summed E-state index contributed by atoms with van der Waals surface area (Å²) in [6, 6.07) is 0.348. The van der Waals surface area contributed by atoms with Crippen molar-refractivity contribution in [2.45, 2.75) is 51.0 Å². The minimum atomic E-state index is 0.0389. The van der Waals surface area contributed by atoms with Crippen molar-refractivity contribution in [1.29, 1.82) is 0 Å². The average Bonchev–Trinajstić information content (AvgIpc) is 3.15. The zero-order valence-corrected chi connectivity index (χ0v) is 15.5. The summed E-state index contributed by atoms with van der Waals surface area (Å²) in [5.41, 5.74) is 0. The third kappa shape index (κ3) is 8.54. The fourth-order valence-electron chi connectivity index (χ4n) is 3.26. The minimum Gasteiger partial charge on any atom is -0.381 e. The zero-order chi connectivity index (χ0) is 17.7. The van der Waals surface area contributed by atoms with Crippen molar-refractivity contribution >= 4 is 11.9 Å². The molecular formula is C18H34N4O3. The van der Waals surface area contributed by atoms with E-state index >= 15 is 0 Å². The molecular weight excluding hydrogens is 320 g/mol. The summed E-state index contributed by atoms with van der Waals surface area (Å²) in [7, 11) is 1.71. The molecule has 1 amide bonds. The van der Waals surface area contributed by atoms with Gasteiger partial charge in [-0.25, -0.2) is 0 Å². The lowest BCUT2D eigenvalue weighted by Gasteiger charge is -2.23. The van der Waals surface area contributed by atoms with Gasteiger partial charge in [-0.2, -0.15) is 0 Å². The molecule has 7 nitrogen and oxygen atoms in total. The first-order valence-corrected chi connectivity index (χ1v) is 9.67. The van der Waals surface area contributed by atoms with Crippen molar-refractivity contribution in [3.05, 3.63) is 0 Å². The quantitative estimate of drug-likeness (QED) is 0.327. The van der Waals surface area contributed by atoms with Gasteiger partial charge in [0.25, 0.3) is 0 Å². The molecule has 25 heavy (non-hydrogen) atoms. The maximum absolute atomic E-state index is 12.0. The Balaban J connectivity index is 1.47. The Labute approximate surface area is 151 Å². The highest BCUT2D eigenvalue weighted by atomic mass is 16.5. The number of carbonyl (C=O) groups is 1. The molecule has 0 spiro atoms. The van der Waals surface area contributed by atoms with Gasteiger partial charge in [0.15, 0.2) is 5.96 Å². The first-order chi connectivity index (χ1) is 12.3. The summed E-state index contributed by atoms with van der Waals surface area (Å²) in [6.45, 7) is 4.24. The molecule has 1 aliphatic carbocycles. The molecule has 2 rings (SSSR count). The van der Waals surface area contributed by atoms with Gasteiger partial charge in [-0.05, 0) is 25.7 Å². The van der Waals surface area contributed by atoms with Crippen molar-refractivity contribution in [2.24, 2.45) is 10.9 Å². The number of rotatable bonds is 9. The smallest absolute Gasteiger partial charge is 0.239 e. The van der Waals surface area contributed by atoms with E-state index in [0.717, 1.165) is 58.7 Å². The van der Waals surface area contributed by atoms with Crippen LogP contribution in [0.5, 0.6) is 0 Å². The Hall–Kier alpha value is -1.34.